The number of H-pyrrole nitrogens is 1. The van der Waals surface area contributed by atoms with Gasteiger partial charge in [-0.2, -0.15) is 5.10 Å². The summed E-state index contributed by atoms with van der Waals surface area (Å²) >= 11 is 5.89. The molecule has 132 valence electrons. The summed E-state index contributed by atoms with van der Waals surface area (Å²) in [6, 6.07) is 15.5. The Morgan fingerprint density at radius 3 is 2.62 bits per heavy atom. The summed E-state index contributed by atoms with van der Waals surface area (Å²) in [6.07, 6.45) is 0.415. The quantitative estimate of drug-likeness (QED) is 0.717. The van der Waals surface area contributed by atoms with E-state index in [1.807, 2.05) is 55.5 Å². The molecule has 0 unspecified atom stereocenters. The van der Waals surface area contributed by atoms with Crippen molar-refractivity contribution in [3.05, 3.63) is 75.9 Å². The highest BCUT2D eigenvalue weighted by atomic mass is 35.5. The lowest BCUT2D eigenvalue weighted by molar-refractivity contribution is -0.116. The number of anilines is 1. The molecule has 0 radical (unpaired) electrons. The number of hydrogen-bond acceptors (Lipinski definition) is 3. The highest BCUT2D eigenvalue weighted by molar-refractivity contribution is 6.30. The van der Waals surface area contributed by atoms with Crippen molar-refractivity contribution < 1.29 is 9.53 Å². The van der Waals surface area contributed by atoms with Gasteiger partial charge < -0.3 is 10.1 Å². The van der Waals surface area contributed by atoms with E-state index in [9.17, 15) is 4.79 Å². The van der Waals surface area contributed by atoms with E-state index in [0.717, 1.165) is 28.1 Å². The number of benzene rings is 2. The summed E-state index contributed by atoms with van der Waals surface area (Å²) in [4.78, 5) is 12.0. The number of amides is 1. The number of nitrogens with one attached hydrogen (secondary N) is 2. The second kappa shape index (κ2) is 6.84. The van der Waals surface area contributed by atoms with Crippen molar-refractivity contribution in [1.82, 2.24) is 10.2 Å². The maximum absolute atomic E-state index is 12.0. The van der Waals surface area contributed by atoms with Crippen LogP contribution < -0.4 is 10.1 Å². The number of carbonyl (C=O) groups excluding carboxylic acids is 1. The Morgan fingerprint density at radius 1 is 1.15 bits per heavy atom. The molecular formula is C20H18ClN3O2. The molecule has 2 aromatic carbocycles. The van der Waals surface area contributed by atoms with E-state index in [2.05, 4.69) is 15.5 Å². The van der Waals surface area contributed by atoms with Gasteiger partial charge in [0.15, 0.2) is 5.82 Å². The summed E-state index contributed by atoms with van der Waals surface area (Å²) < 4.78 is 5.83. The minimum Gasteiger partial charge on any atom is -0.489 e. The standard InChI is InChI=1S/C20H18ClN3O2/c1-12-19-17(10-18(25)22-20(19)24-23-12)14-4-8-16(9-5-14)26-11-13-2-6-15(21)7-3-13/h2-9,17H,10-11H2,1H3,(H2,22,23,24,25)/t17-/m1/s1. The first-order valence-corrected chi connectivity index (χ1v) is 8.80. The number of aryl methyl sites for hydroxylation is 1. The van der Waals surface area contributed by atoms with Crippen LogP contribution in [0.3, 0.4) is 0 Å². The summed E-state index contributed by atoms with van der Waals surface area (Å²) in [6.45, 7) is 2.45. The van der Waals surface area contributed by atoms with E-state index in [-0.39, 0.29) is 11.8 Å². The van der Waals surface area contributed by atoms with E-state index >= 15 is 0 Å². The van der Waals surface area contributed by atoms with Gasteiger partial charge >= 0.3 is 0 Å². The van der Waals surface area contributed by atoms with Crippen molar-refractivity contribution in [2.24, 2.45) is 0 Å². The molecule has 1 aliphatic rings. The third-order valence-corrected chi connectivity index (χ3v) is 4.84. The third kappa shape index (κ3) is 3.30. The van der Waals surface area contributed by atoms with Gasteiger partial charge in [-0.15, -0.1) is 0 Å². The number of aromatic nitrogens is 2. The number of halogens is 1. The minimum atomic E-state index is -0.0166. The summed E-state index contributed by atoms with van der Waals surface area (Å²) in [5, 5.41) is 10.7. The predicted octanol–water partition coefficient (Wildman–Crippen LogP) is 4.42. The van der Waals surface area contributed by atoms with Crippen LogP contribution in [0.15, 0.2) is 48.5 Å². The smallest absolute Gasteiger partial charge is 0.226 e. The Kier molecular flexibility index (Phi) is 4.39. The Labute approximate surface area is 156 Å². The largest absolute Gasteiger partial charge is 0.489 e. The molecule has 2 N–H and O–H groups in total. The average molecular weight is 368 g/mol. The molecule has 1 amide bonds. The fourth-order valence-corrected chi connectivity index (χ4v) is 3.38. The number of nitrogens with zero attached hydrogens (tertiary/aromatic N) is 1. The first-order chi connectivity index (χ1) is 12.6. The van der Waals surface area contributed by atoms with Crippen LogP contribution in [0.1, 0.15) is 34.7 Å². The third-order valence-electron chi connectivity index (χ3n) is 4.59. The van der Waals surface area contributed by atoms with Crippen molar-refractivity contribution in [2.75, 3.05) is 5.32 Å². The van der Waals surface area contributed by atoms with Gasteiger partial charge in [-0.3, -0.25) is 9.89 Å². The summed E-state index contributed by atoms with van der Waals surface area (Å²) in [5.74, 6) is 1.40. The molecule has 1 aromatic heterocycles. The molecule has 0 saturated carbocycles. The second-order valence-corrected chi connectivity index (χ2v) is 6.84. The van der Waals surface area contributed by atoms with Crippen LogP contribution >= 0.6 is 11.6 Å². The van der Waals surface area contributed by atoms with Gasteiger partial charge in [0.25, 0.3) is 0 Å². The zero-order valence-electron chi connectivity index (χ0n) is 14.3. The van der Waals surface area contributed by atoms with E-state index in [0.29, 0.717) is 23.9 Å². The van der Waals surface area contributed by atoms with Crippen molar-refractivity contribution in [3.63, 3.8) is 0 Å². The summed E-state index contributed by atoms with van der Waals surface area (Å²) in [5.41, 5.74) is 4.16. The molecule has 0 saturated heterocycles. The van der Waals surface area contributed by atoms with Crippen LogP contribution in [0.4, 0.5) is 5.82 Å². The monoisotopic (exact) mass is 367 g/mol. The van der Waals surface area contributed by atoms with Gasteiger partial charge in [-0.25, -0.2) is 0 Å². The molecule has 1 aliphatic heterocycles. The zero-order valence-corrected chi connectivity index (χ0v) is 15.0. The Bertz CT molecular complexity index is 933. The molecular weight excluding hydrogens is 350 g/mol. The predicted molar refractivity (Wildman–Crippen MR) is 101 cm³/mol. The fraction of sp³-hybridized carbons (Fsp3) is 0.200. The number of rotatable bonds is 4. The maximum Gasteiger partial charge on any atom is 0.226 e. The lowest BCUT2D eigenvalue weighted by atomic mass is 9.86. The molecule has 3 aromatic rings. The van der Waals surface area contributed by atoms with Gasteiger partial charge in [0, 0.05) is 28.6 Å². The number of carbonyl (C=O) groups is 1. The van der Waals surface area contributed by atoms with Crippen molar-refractivity contribution in [2.45, 2.75) is 25.9 Å². The number of aromatic amines is 1. The topological polar surface area (TPSA) is 67.0 Å². The van der Waals surface area contributed by atoms with Gasteiger partial charge in [0.2, 0.25) is 5.91 Å². The molecule has 2 heterocycles. The molecule has 4 rings (SSSR count). The first-order valence-electron chi connectivity index (χ1n) is 8.42. The molecule has 5 nitrogen and oxygen atoms in total. The van der Waals surface area contributed by atoms with Crippen molar-refractivity contribution >= 4 is 23.3 Å². The van der Waals surface area contributed by atoms with Crippen LogP contribution in [0.5, 0.6) is 5.75 Å². The van der Waals surface area contributed by atoms with Crippen molar-refractivity contribution in [1.29, 1.82) is 0 Å². The van der Waals surface area contributed by atoms with Crippen LogP contribution in [-0.2, 0) is 11.4 Å². The lowest BCUT2D eigenvalue weighted by Gasteiger charge is -2.23. The van der Waals surface area contributed by atoms with Crippen molar-refractivity contribution in [3.8, 4) is 5.75 Å². The second-order valence-electron chi connectivity index (χ2n) is 6.40. The molecule has 0 bridgehead atoms. The fourth-order valence-electron chi connectivity index (χ4n) is 3.26. The van der Waals surface area contributed by atoms with Crippen LogP contribution in [0.25, 0.3) is 0 Å². The first kappa shape index (κ1) is 16.7. The van der Waals surface area contributed by atoms with E-state index in [1.165, 1.54) is 0 Å². The molecule has 6 heteroatoms. The van der Waals surface area contributed by atoms with Crippen LogP contribution in [-0.4, -0.2) is 16.1 Å². The van der Waals surface area contributed by atoms with E-state index in [1.54, 1.807) is 0 Å². The van der Waals surface area contributed by atoms with E-state index in [4.69, 9.17) is 16.3 Å². The highest BCUT2D eigenvalue weighted by Crippen LogP contribution is 2.38. The average Bonchev–Trinajstić information content (AvgIpc) is 3.02. The number of fused-ring (bicyclic) bond motifs is 1. The highest BCUT2D eigenvalue weighted by Gasteiger charge is 2.30. The molecule has 0 aliphatic carbocycles. The normalized spacial score (nSPS) is 16.1. The minimum absolute atomic E-state index is 0.00261. The van der Waals surface area contributed by atoms with Gasteiger partial charge in [0.1, 0.15) is 12.4 Å². The van der Waals surface area contributed by atoms with Gasteiger partial charge in [-0.05, 0) is 42.3 Å². The Balaban J connectivity index is 1.50. The number of ether oxygens (including phenoxy) is 1. The van der Waals surface area contributed by atoms with Crippen LogP contribution in [0.2, 0.25) is 5.02 Å². The van der Waals surface area contributed by atoms with Gasteiger partial charge in [-0.1, -0.05) is 35.9 Å². The Morgan fingerprint density at radius 2 is 1.88 bits per heavy atom. The number of hydrogen-bond donors (Lipinski definition) is 2. The lowest BCUT2D eigenvalue weighted by Crippen LogP contribution is -2.23. The molecule has 0 spiro atoms. The SMILES string of the molecule is Cc1[nH]nc2c1[C@@H](c1ccc(OCc3ccc(Cl)cc3)cc1)CC(=O)N2. The molecule has 1 atom stereocenters. The zero-order chi connectivity index (χ0) is 18.1. The molecule has 26 heavy (non-hydrogen) atoms. The van der Waals surface area contributed by atoms with Gasteiger partial charge in [0.05, 0.1) is 0 Å². The molecule has 0 fully saturated rings. The van der Waals surface area contributed by atoms with E-state index < -0.39 is 0 Å². The summed E-state index contributed by atoms with van der Waals surface area (Å²) in [7, 11) is 0. The van der Waals surface area contributed by atoms with Crippen LogP contribution in [0, 0.1) is 6.92 Å². The maximum atomic E-state index is 12.0. The Hall–Kier alpha value is -2.79.